The highest BCUT2D eigenvalue weighted by molar-refractivity contribution is 7.16. The first-order chi connectivity index (χ1) is 9.22. The summed E-state index contributed by atoms with van der Waals surface area (Å²) in [6.07, 6.45) is 2.67. The van der Waals surface area contributed by atoms with Crippen LogP contribution in [0, 0.1) is 0 Å². The molecule has 0 spiro atoms. The normalized spacial score (nSPS) is 10.7. The Hall–Kier alpha value is -1.20. The fraction of sp³-hybridized carbons (Fsp3) is 0.462. The third-order valence-corrected chi connectivity index (χ3v) is 4.08. The highest BCUT2D eigenvalue weighted by Gasteiger charge is 2.05. The van der Waals surface area contributed by atoms with Gasteiger partial charge in [-0.2, -0.15) is 5.10 Å². The third kappa shape index (κ3) is 3.88. The molecule has 0 fully saturated rings. The fourth-order valence-corrected chi connectivity index (χ4v) is 2.88. The van der Waals surface area contributed by atoms with Crippen molar-refractivity contribution < 1.29 is 0 Å². The molecule has 2 aromatic rings. The first-order valence-corrected chi connectivity index (χ1v) is 7.63. The summed E-state index contributed by atoms with van der Waals surface area (Å²) in [5.74, 6) is 0.608. The van der Waals surface area contributed by atoms with E-state index >= 15 is 0 Å². The number of anilines is 1. The van der Waals surface area contributed by atoms with E-state index in [9.17, 15) is 0 Å². The van der Waals surface area contributed by atoms with Crippen LogP contribution in [0.15, 0.2) is 12.1 Å². The minimum atomic E-state index is 0.608. The number of rotatable bonds is 6. The van der Waals surface area contributed by atoms with Gasteiger partial charge >= 0.3 is 0 Å². The number of nitrogens with one attached hydrogen (secondary N) is 1. The Morgan fingerprint density at radius 1 is 1.16 bits per heavy atom. The Kier molecular flexibility index (Phi) is 5.10. The molecule has 0 atom stereocenters. The van der Waals surface area contributed by atoms with Gasteiger partial charge in [-0.25, -0.2) is 4.98 Å². The monoisotopic (exact) mass is 296 g/mol. The second kappa shape index (κ2) is 6.82. The Morgan fingerprint density at radius 2 is 1.95 bits per heavy atom. The summed E-state index contributed by atoms with van der Waals surface area (Å²) < 4.78 is 0.827. The van der Waals surface area contributed by atoms with Crippen molar-refractivity contribution in [3.8, 4) is 0 Å². The molecule has 0 unspecified atom stereocenters. The van der Waals surface area contributed by atoms with E-state index in [1.165, 1.54) is 4.88 Å². The molecule has 1 N–H and O–H groups in total. The summed E-state index contributed by atoms with van der Waals surface area (Å²) in [7, 11) is 0. The maximum atomic E-state index is 5.89. The first kappa shape index (κ1) is 14.2. The van der Waals surface area contributed by atoms with Crippen LogP contribution < -0.4 is 5.32 Å². The van der Waals surface area contributed by atoms with Crippen LogP contribution in [0.3, 0.4) is 0 Å². The van der Waals surface area contributed by atoms with Gasteiger partial charge in [0.2, 0.25) is 5.95 Å². The van der Waals surface area contributed by atoms with Gasteiger partial charge < -0.3 is 5.32 Å². The standard InChI is InChI=1S/C13H17ClN4S/c1-3-10-11(4-2)17-18-13(16-10)15-8-7-9-5-6-12(14)19-9/h5-6H,3-4,7-8H2,1-2H3,(H,15,16,18). The molecule has 0 amide bonds. The van der Waals surface area contributed by atoms with Crippen LogP contribution in [0.5, 0.6) is 0 Å². The van der Waals surface area contributed by atoms with Gasteiger partial charge in [-0.05, 0) is 31.4 Å². The van der Waals surface area contributed by atoms with Crippen LogP contribution in [0.25, 0.3) is 0 Å². The minimum absolute atomic E-state index is 0.608. The van der Waals surface area contributed by atoms with E-state index in [4.69, 9.17) is 11.6 Å². The van der Waals surface area contributed by atoms with Crippen molar-refractivity contribution in [1.82, 2.24) is 15.2 Å². The van der Waals surface area contributed by atoms with Gasteiger partial charge in [0.1, 0.15) is 0 Å². The van der Waals surface area contributed by atoms with Crippen molar-refractivity contribution in [3.05, 3.63) is 32.7 Å². The quantitative estimate of drug-likeness (QED) is 0.888. The Morgan fingerprint density at radius 3 is 2.58 bits per heavy atom. The maximum Gasteiger partial charge on any atom is 0.242 e. The summed E-state index contributed by atoms with van der Waals surface area (Å²) in [6.45, 7) is 4.94. The van der Waals surface area contributed by atoms with E-state index in [-0.39, 0.29) is 0 Å². The highest BCUT2D eigenvalue weighted by Crippen LogP contribution is 2.21. The number of hydrogen-bond acceptors (Lipinski definition) is 5. The molecule has 0 aliphatic rings. The number of aryl methyl sites for hydroxylation is 2. The lowest BCUT2D eigenvalue weighted by Gasteiger charge is -2.07. The van der Waals surface area contributed by atoms with Gasteiger partial charge in [-0.1, -0.05) is 25.4 Å². The van der Waals surface area contributed by atoms with Crippen molar-refractivity contribution in [2.24, 2.45) is 0 Å². The van der Waals surface area contributed by atoms with Gasteiger partial charge in [0.15, 0.2) is 0 Å². The molecule has 19 heavy (non-hydrogen) atoms. The zero-order valence-electron chi connectivity index (χ0n) is 11.1. The number of nitrogens with zero attached hydrogens (tertiary/aromatic N) is 3. The maximum absolute atomic E-state index is 5.89. The molecule has 0 radical (unpaired) electrons. The van der Waals surface area contributed by atoms with E-state index in [2.05, 4.69) is 34.3 Å². The van der Waals surface area contributed by atoms with Crippen molar-refractivity contribution in [3.63, 3.8) is 0 Å². The molecule has 0 aliphatic heterocycles. The molecule has 6 heteroatoms. The van der Waals surface area contributed by atoms with Crippen LogP contribution in [0.1, 0.15) is 30.1 Å². The van der Waals surface area contributed by atoms with E-state index in [1.807, 2.05) is 12.1 Å². The topological polar surface area (TPSA) is 50.7 Å². The molecular weight excluding hydrogens is 280 g/mol. The summed E-state index contributed by atoms with van der Waals surface area (Å²) in [5, 5.41) is 11.5. The number of aromatic nitrogens is 3. The van der Waals surface area contributed by atoms with Gasteiger partial charge in [-0.3, -0.25) is 0 Å². The Labute approximate surface area is 122 Å². The lowest BCUT2D eigenvalue weighted by Crippen LogP contribution is -2.11. The summed E-state index contributed by atoms with van der Waals surface area (Å²) in [4.78, 5) is 5.75. The fourth-order valence-electron chi connectivity index (χ4n) is 1.80. The minimum Gasteiger partial charge on any atom is -0.353 e. The molecule has 0 aromatic carbocycles. The zero-order valence-corrected chi connectivity index (χ0v) is 12.7. The summed E-state index contributed by atoms with van der Waals surface area (Å²) in [6, 6.07) is 3.97. The molecule has 0 saturated heterocycles. The third-order valence-electron chi connectivity index (χ3n) is 2.79. The number of halogens is 1. The number of thiophene rings is 1. The molecule has 2 aromatic heterocycles. The van der Waals surface area contributed by atoms with Gasteiger partial charge in [0.25, 0.3) is 0 Å². The smallest absolute Gasteiger partial charge is 0.242 e. The Bertz CT molecular complexity index is 541. The highest BCUT2D eigenvalue weighted by atomic mass is 35.5. The van der Waals surface area contributed by atoms with Gasteiger partial charge in [0.05, 0.1) is 15.7 Å². The van der Waals surface area contributed by atoms with E-state index < -0.39 is 0 Å². The van der Waals surface area contributed by atoms with Gasteiger partial charge in [-0.15, -0.1) is 16.4 Å². The first-order valence-electron chi connectivity index (χ1n) is 6.43. The van der Waals surface area contributed by atoms with Gasteiger partial charge in [0, 0.05) is 11.4 Å². The average Bonchev–Trinajstić information content (AvgIpc) is 2.84. The average molecular weight is 297 g/mol. The predicted octanol–water partition coefficient (Wildman–Crippen LogP) is 3.37. The molecule has 0 aliphatic carbocycles. The summed E-state index contributed by atoms with van der Waals surface area (Å²) >= 11 is 7.50. The van der Waals surface area contributed by atoms with E-state index in [0.29, 0.717) is 5.95 Å². The largest absolute Gasteiger partial charge is 0.353 e. The zero-order chi connectivity index (χ0) is 13.7. The molecule has 2 rings (SSSR count). The van der Waals surface area contributed by atoms with Crippen molar-refractivity contribution in [2.75, 3.05) is 11.9 Å². The van der Waals surface area contributed by atoms with Crippen LogP contribution >= 0.6 is 22.9 Å². The van der Waals surface area contributed by atoms with Crippen molar-refractivity contribution in [1.29, 1.82) is 0 Å². The van der Waals surface area contributed by atoms with Crippen LogP contribution in [0.4, 0.5) is 5.95 Å². The lowest BCUT2D eigenvalue weighted by molar-refractivity contribution is 0.818. The van der Waals surface area contributed by atoms with E-state index in [0.717, 1.165) is 41.5 Å². The molecular formula is C13H17ClN4S. The molecule has 102 valence electrons. The lowest BCUT2D eigenvalue weighted by atomic mass is 10.2. The van der Waals surface area contributed by atoms with Crippen LogP contribution in [0.2, 0.25) is 4.34 Å². The number of hydrogen-bond donors (Lipinski definition) is 1. The SMILES string of the molecule is CCc1nnc(NCCc2ccc(Cl)s2)nc1CC. The van der Waals surface area contributed by atoms with Crippen LogP contribution in [-0.2, 0) is 19.3 Å². The van der Waals surface area contributed by atoms with Crippen LogP contribution in [-0.4, -0.2) is 21.7 Å². The molecule has 2 heterocycles. The second-order valence-electron chi connectivity index (χ2n) is 4.12. The van der Waals surface area contributed by atoms with Crippen molar-refractivity contribution in [2.45, 2.75) is 33.1 Å². The summed E-state index contributed by atoms with van der Waals surface area (Å²) in [5.41, 5.74) is 2.01. The molecule has 0 saturated carbocycles. The molecule has 4 nitrogen and oxygen atoms in total. The van der Waals surface area contributed by atoms with E-state index in [1.54, 1.807) is 11.3 Å². The second-order valence-corrected chi connectivity index (χ2v) is 5.92. The molecule has 0 bridgehead atoms. The Balaban J connectivity index is 1.92. The van der Waals surface area contributed by atoms with Crippen molar-refractivity contribution >= 4 is 28.9 Å². The predicted molar refractivity (Wildman–Crippen MR) is 80.1 cm³/mol.